The summed E-state index contributed by atoms with van der Waals surface area (Å²) in [6, 6.07) is 0. The summed E-state index contributed by atoms with van der Waals surface area (Å²) < 4.78 is 123. The Kier molecular flexibility index (Phi) is 3.43. The maximum Gasteiger partial charge on any atom is 0.198 e. The van der Waals surface area contributed by atoms with E-state index < -0.39 is 79.5 Å². The van der Waals surface area contributed by atoms with E-state index in [0.717, 1.165) is 6.92 Å². The highest BCUT2D eigenvalue weighted by atomic mass is 19.2. The van der Waals surface area contributed by atoms with Crippen LogP contribution in [0.1, 0.15) is 5.56 Å². The summed E-state index contributed by atoms with van der Waals surface area (Å²) in [5, 5.41) is -5.58. The van der Waals surface area contributed by atoms with Crippen LogP contribution < -0.4 is 0 Å². The number of hydrogen-bond acceptors (Lipinski definition) is 0. The summed E-state index contributed by atoms with van der Waals surface area (Å²) in [6.07, 6.45) is 0. The predicted octanol–water partition coefficient (Wildman–Crippen LogP) is 5.55. The van der Waals surface area contributed by atoms with Crippen molar-refractivity contribution in [3.05, 3.63) is 57.9 Å². The molecule has 0 bridgehead atoms. The maximum atomic E-state index is 14.4. The lowest BCUT2D eigenvalue weighted by Crippen LogP contribution is -2.06. The zero-order chi connectivity index (χ0) is 18.1. The fraction of sp³-hybridized carbons (Fsp3) is 0.0667. The Hall–Kier alpha value is -2.45. The van der Waals surface area contributed by atoms with Gasteiger partial charge >= 0.3 is 0 Å². The molecule has 0 N–H and O–H groups in total. The molecule has 0 unspecified atom stereocenters. The molecule has 9 heteroatoms. The molecule has 126 valence electrons. The zero-order valence-electron chi connectivity index (χ0n) is 11.4. The van der Waals surface area contributed by atoms with E-state index >= 15 is 0 Å². The molecule has 24 heavy (non-hydrogen) atoms. The highest BCUT2D eigenvalue weighted by molar-refractivity contribution is 6.04. The van der Waals surface area contributed by atoms with Gasteiger partial charge < -0.3 is 0 Å². The molecule has 0 amide bonds. The minimum absolute atomic E-state index is 0.768. The van der Waals surface area contributed by atoms with E-state index in [2.05, 4.69) is 0 Å². The highest BCUT2D eigenvalue weighted by Gasteiger charge is 2.31. The van der Waals surface area contributed by atoms with E-state index in [-0.39, 0.29) is 0 Å². The standard InChI is InChI=1S/C15H3F9/c1-2-3-5(10(19)14(23)12(21)8(3)17)7(16)6-4(2)9(18)13(22)15(24)11(6)20/h1H3. The monoisotopic (exact) mass is 354 g/mol. The number of hydrogen-bond donors (Lipinski definition) is 0. The molecule has 3 aromatic carbocycles. The molecule has 0 atom stereocenters. The van der Waals surface area contributed by atoms with Crippen LogP contribution in [0, 0.1) is 59.3 Å². The molecular formula is C15H3F9. The molecule has 3 rings (SSSR count). The normalized spacial score (nSPS) is 11.8. The van der Waals surface area contributed by atoms with Gasteiger partial charge in [-0.25, -0.2) is 39.5 Å². The second-order valence-corrected chi connectivity index (χ2v) is 4.95. The second kappa shape index (κ2) is 5.02. The van der Waals surface area contributed by atoms with E-state index in [0.29, 0.717) is 0 Å². The van der Waals surface area contributed by atoms with Crippen LogP contribution in [0.5, 0.6) is 0 Å². The van der Waals surface area contributed by atoms with E-state index in [4.69, 9.17) is 0 Å². The van der Waals surface area contributed by atoms with Gasteiger partial charge in [0.25, 0.3) is 0 Å². The first-order chi connectivity index (χ1) is 11.1. The first-order valence-electron chi connectivity index (χ1n) is 6.20. The number of fused-ring (bicyclic) bond motifs is 2. The van der Waals surface area contributed by atoms with Crippen molar-refractivity contribution in [2.24, 2.45) is 0 Å². The Bertz CT molecular complexity index is 888. The Morgan fingerprint density at radius 1 is 0.333 bits per heavy atom. The molecule has 0 aliphatic rings. The van der Waals surface area contributed by atoms with Crippen molar-refractivity contribution < 1.29 is 39.5 Å². The van der Waals surface area contributed by atoms with Gasteiger partial charge in [0.2, 0.25) is 0 Å². The number of aryl methyl sites for hydroxylation is 1. The average molecular weight is 354 g/mol. The zero-order valence-corrected chi connectivity index (χ0v) is 11.4. The summed E-state index contributed by atoms with van der Waals surface area (Å²) in [5.74, 6) is -20.1. The highest BCUT2D eigenvalue weighted by Crippen LogP contribution is 2.39. The van der Waals surface area contributed by atoms with Crippen molar-refractivity contribution in [3.63, 3.8) is 0 Å². The van der Waals surface area contributed by atoms with Crippen LogP contribution in [0.3, 0.4) is 0 Å². The van der Waals surface area contributed by atoms with Gasteiger partial charge in [-0.3, -0.25) is 0 Å². The molecule has 0 saturated carbocycles. The summed E-state index contributed by atoms with van der Waals surface area (Å²) in [4.78, 5) is 0. The summed E-state index contributed by atoms with van der Waals surface area (Å²) in [7, 11) is 0. The molecule has 0 fully saturated rings. The van der Waals surface area contributed by atoms with Gasteiger partial charge in [-0.1, -0.05) is 0 Å². The van der Waals surface area contributed by atoms with E-state index in [1.807, 2.05) is 0 Å². The molecule has 0 nitrogen and oxygen atoms in total. The molecule has 0 heterocycles. The minimum Gasteiger partial charge on any atom is -0.205 e. The molecule has 0 radical (unpaired) electrons. The van der Waals surface area contributed by atoms with Crippen LogP contribution in [-0.4, -0.2) is 0 Å². The van der Waals surface area contributed by atoms with E-state index in [1.165, 1.54) is 0 Å². The largest absolute Gasteiger partial charge is 0.205 e. The van der Waals surface area contributed by atoms with E-state index in [9.17, 15) is 39.5 Å². The van der Waals surface area contributed by atoms with Gasteiger partial charge in [-0.2, -0.15) is 0 Å². The number of halogens is 9. The predicted molar refractivity (Wildman–Crippen MR) is 65.8 cm³/mol. The third-order valence-electron chi connectivity index (χ3n) is 3.72. The van der Waals surface area contributed by atoms with Crippen molar-refractivity contribution in [1.29, 1.82) is 0 Å². The lowest BCUT2D eigenvalue weighted by molar-refractivity contribution is 0.413. The van der Waals surface area contributed by atoms with Gasteiger partial charge in [0.1, 0.15) is 5.82 Å². The molecule has 0 spiro atoms. The van der Waals surface area contributed by atoms with Gasteiger partial charge in [0.15, 0.2) is 46.5 Å². The van der Waals surface area contributed by atoms with Crippen LogP contribution in [0.25, 0.3) is 21.5 Å². The third-order valence-corrected chi connectivity index (χ3v) is 3.72. The Morgan fingerprint density at radius 2 is 0.583 bits per heavy atom. The molecular weight excluding hydrogens is 351 g/mol. The molecule has 0 aliphatic carbocycles. The van der Waals surface area contributed by atoms with Crippen molar-refractivity contribution in [1.82, 2.24) is 0 Å². The molecule has 0 saturated heterocycles. The van der Waals surface area contributed by atoms with Crippen LogP contribution in [0.15, 0.2) is 0 Å². The fourth-order valence-corrected chi connectivity index (χ4v) is 2.63. The third kappa shape index (κ3) is 1.78. The summed E-state index contributed by atoms with van der Waals surface area (Å²) in [5.41, 5.74) is -0.827. The van der Waals surface area contributed by atoms with Crippen LogP contribution in [0.2, 0.25) is 0 Å². The fourth-order valence-electron chi connectivity index (χ4n) is 2.63. The van der Waals surface area contributed by atoms with Crippen molar-refractivity contribution in [2.45, 2.75) is 6.92 Å². The van der Waals surface area contributed by atoms with Crippen molar-refractivity contribution in [2.75, 3.05) is 0 Å². The van der Waals surface area contributed by atoms with Crippen LogP contribution in [0.4, 0.5) is 39.5 Å². The molecule has 0 aliphatic heterocycles. The minimum atomic E-state index is -2.39. The Morgan fingerprint density at radius 3 is 0.875 bits per heavy atom. The second-order valence-electron chi connectivity index (χ2n) is 4.95. The van der Waals surface area contributed by atoms with E-state index in [1.54, 1.807) is 0 Å². The lowest BCUT2D eigenvalue weighted by atomic mass is 9.95. The quantitative estimate of drug-likeness (QED) is 0.215. The Labute approximate surface area is 127 Å². The Balaban J connectivity index is 2.82. The average Bonchev–Trinajstić information content (AvgIpc) is 2.55. The molecule has 3 aromatic rings. The van der Waals surface area contributed by atoms with Gasteiger partial charge in [0.05, 0.1) is 10.8 Å². The first-order valence-corrected chi connectivity index (χ1v) is 6.20. The van der Waals surface area contributed by atoms with Crippen LogP contribution in [-0.2, 0) is 0 Å². The topological polar surface area (TPSA) is 0 Å². The van der Waals surface area contributed by atoms with Gasteiger partial charge in [-0.15, -0.1) is 0 Å². The number of benzene rings is 3. The van der Waals surface area contributed by atoms with Crippen molar-refractivity contribution >= 4 is 21.5 Å². The van der Waals surface area contributed by atoms with Crippen molar-refractivity contribution in [3.8, 4) is 0 Å². The lowest BCUT2D eigenvalue weighted by Gasteiger charge is -2.14. The summed E-state index contributed by atoms with van der Waals surface area (Å²) in [6.45, 7) is 0.768. The first kappa shape index (κ1) is 16.4. The van der Waals surface area contributed by atoms with Gasteiger partial charge in [-0.05, 0) is 12.5 Å². The molecule has 0 aromatic heterocycles. The SMILES string of the molecule is Cc1c2c(F)c(F)c(F)c(F)c2c(F)c2c(F)c(F)c(F)c(F)c12. The van der Waals surface area contributed by atoms with Crippen LogP contribution >= 0.6 is 0 Å². The number of rotatable bonds is 0. The summed E-state index contributed by atoms with van der Waals surface area (Å²) >= 11 is 0. The maximum absolute atomic E-state index is 14.4. The van der Waals surface area contributed by atoms with Gasteiger partial charge in [0, 0.05) is 10.8 Å². The smallest absolute Gasteiger partial charge is 0.198 e.